The Bertz CT molecular complexity index is 688. The van der Waals surface area contributed by atoms with Crippen LogP contribution in [0.3, 0.4) is 0 Å². The van der Waals surface area contributed by atoms with Gasteiger partial charge in [-0.3, -0.25) is 9.78 Å². The van der Waals surface area contributed by atoms with Gasteiger partial charge in [0, 0.05) is 3.57 Å². The first-order valence-electron chi connectivity index (χ1n) is 4.82. The fourth-order valence-corrected chi connectivity index (χ4v) is 2.10. The second-order valence-corrected chi connectivity index (χ2v) is 4.66. The van der Waals surface area contributed by atoms with Crippen LogP contribution in [0.4, 0.5) is 0 Å². The predicted octanol–water partition coefficient (Wildman–Crippen LogP) is 1.14. The highest BCUT2D eigenvalue weighted by Crippen LogP contribution is 2.20. The summed E-state index contributed by atoms with van der Waals surface area (Å²) < 4.78 is 1.88. The second kappa shape index (κ2) is 4.36. The molecule has 88 valence electrons. The molecular formula is C11H9IN2O3. The molecule has 0 amide bonds. The molecule has 1 aromatic heterocycles. The summed E-state index contributed by atoms with van der Waals surface area (Å²) in [5.41, 5.74) is -0.573. The zero-order valence-corrected chi connectivity index (χ0v) is 11.1. The van der Waals surface area contributed by atoms with Gasteiger partial charge >= 0.3 is 5.69 Å². The molecular weight excluding hydrogens is 335 g/mol. The summed E-state index contributed by atoms with van der Waals surface area (Å²) in [6, 6.07) is 7.08. The van der Waals surface area contributed by atoms with Gasteiger partial charge in [-0.25, -0.2) is 9.36 Å². The molecule has 0 unspecified atom stereocenters. The van der Waals surface area contributed by atoms with E-state index in [1.54, 1.807) is 12.1 Å². The molecule has 0 fully saturated rings. The normalized spacial score (nSPS) is 10.5. The first-order valence-corrected chi connectivity index (χ1v) is 5.90. The average Bonchev–Trinajstić information content (AvgIpc) is 2.29. The van der Waals surface area contributed by atoms with Crippen molar-refractivity contribution in [2.24, 2.45) is 0 Å². The van der Waals surface area contributed by atoms with E-state index in [2.05, 4.69) is 27.6 Å². The van der Waals surface area contributed by atoms with Crippen LogP contribution < -0.4 is 11.2 Å². The third-order valence-electron chi connectivity index (χ3n) is 2.40. The van der Waals surface area contributed by atoms with Crippen LogP contribution >= 0.6 is 22.6 Å². The Balaban J connectivity index is 2.87. The highest BCUT2D eigenvalue weighted by molar-refractivity contribution is 14.1. The molecule has 0 bridgehead atoms. The van der Waals surface area contributed by atoms with E-state index in [-0.39, 0.29) is 11.4 Å². The van der Waals surface area contributed by atoms with Gasteiger partial charge in [-0.15, -0.1) is 0 Å². The third-order valence-corrected chi connectivity index (χ3v) is 3.32. The van der Waals surface area contributed by atoms with Crippen LogP contribution in [0.5, 0.6) is 5.88 Å². The number of para-hydroxylation sites is 1. The van der Waals surface area contributed by atoms with Crippen molar-refractivity contribution in [1.29, 1.82) is 0 Å². The van der Waals surface area contributed by atoms with E-state index in [1.165, 1.54) is 6.92 Å². The van der Waals surface area contributed by atoms with Crippen molar-refractivity contribution < 1.29 is 5.11 Å². The Morgan fingerprint density at radius 3 is 2.59 bits per heavy atom. The van der Waals surface area contributed by atoms with Gasteiger partial charge in [0.2, 0.25) is 5.88 Å². The summed E-state index contributed by atoms with van der Waals surface area (Å²) >= 11 is 2.05. The van der Waals surface area contributed by atoms with Gasteiger partial charge in [-0.1, -0.05) is 12.1 Å². The maximum absolute atomic E-state index is 11.7. The van der Waals surface area contributed by atoms with Crippen molar-refractivity contribution in [3.8, 4) is 11.6 Å². The maximum Gasteiger partial charge on any atom is 0.335 e. The van der Waals surface area contributed by atoms with Crippen LogP contribution in [-0.4, -0.2) is 14.7 Å². The molecule has 0 saturated heterocycles. The van der Waals surface area contributed by atoms with Crippen LogP contribution in [0.1, 0.15) is 5.56 Å². The first-order chi connectivity index (χ1) is 8.02. The Hall–Kier alpha value is -1.57. The average molecular weight is 344 g/mol. The van der Waals surface area contributed by atoms with Gasteiger partial charge in [0.25, 0.3) is 5.56 Å². The van der Waals surface area contributed by atoms with Crippen molar-refractivity contribution in [3.05, 3.63) is 54.2 Å². The fraction of sp³-hybridized carbons (Fsp3) is 0.0909. The minimum atomic E-state index is -0.651. The number of hydrogen-bond donors (Lipinski definition) is 2. The van der Waals surface area contributed by atoms with E-state index in [9.17, 15) is 14.7 Å². The summed E-state index contributed by atoms with van der Waals surface area (Å²) in [5.74, 6) is -0.331. The minimum Gasteiger partial charge on any atom is -0.494 e. The summed E-state index contributed by atoms with van der Waals surface area (Å²) in [6.45, 7) is 1.46. The van der Waals surface area contributed by atoms with E-state index in [4.69, 9.17) is 0 Å². The van der Waals surface area contributed by atoms with E-state index in [0.29, 0.717) is 5.69 Å². The molecule has 0 aliphatic heterocycles. The smallest absolute Gasteiger partial charge is 0.335 e. The topological polar surface area (TPSA) is 75.1 Å². The molecule has 2 N–H and O–H groups in total. The number of aromatic amines is 1. The Kier molecular flexibility index (Phi) is 3.05. The van der Waals surface area contributed by atoms with E-state index in [0.717, 1.165) is 8.14 Å². The van der Waals surface area contributed by atoms with Crippen molar-refractivity contribution in [3.63, 3.8) is 0 Å². The molecule has 17 heavy (non-hydrogen) atoms. The highest BCUT2D eigenvalue weighted by Gasteiger charge is 2.13. The molecule has 0 aliphatic rings. The minimum absolute atomic E-state index is 0.115. The summed E-state index contributed by atoms with van der Waals surface area (Å²) in [7, 11) is 0. The zero-order valence-electron chi connectivity index (χ0n) is 8.90. The van der Waals surface area contributed by atoms with Gasteiger partial charge < -0.3 is 5.11 Å². The lowest BCUT2D eigenvalue weighted by Crippen LogP contribution is -2.30. The van der Waals surface area contributed by atoms with Gasteiger partial charge in [-0.2, -0.15) is 0 Å². The predicted molar refractivity (Wildman–Crippen MR) is 71.8 cm³/mol. The molecule has 0 saturated carbocycles. The van der Waals surface area contributed by atoms with Crippen LogP contribution in [0.2, 0.25) is 0 Å². The van der Waals surface area contributed by atoms with Crippen LogP contribution in [0, 0.1) is 10.5 Å². The number of nitrogens with one attached hydrogen (secondary N) is 1. The lowest BCUT2D eigenvalue weighted by molar-refractivity contribution is 0.426. The molecule has 0 spiro atoms. The summed E-state index contributed by atoms with van der Waals surface area (Å²) in [6.07, 6.45) is 0. The fourth-order valence-electron chi connectivity index (χ4n) is 1.47. The van der Waals surface area contributed by atoms with Crippen molar-refractivity contribution in [2.45, 2.75) is 6.92 Å². The number of rotatable bonds is 1. The van der Waals surface area contributed by atoms with Crippen LogP contribution in [-0.2, 0) is 0 Å². The number of hydrogen-bond acceptors (Lipinski definition) is 3. The molecule has 5 nitrogen and oxygen atoms in total. The van der Waals surface area contributed by atoms with E-state index in [1.807, 2.05) is 12.1 Å². The van der Waals surface area contributed by atoms with Crippen molar-refractivity contribution >= 4 is 22.6 Å². The first kappa shape index (κ1) is 11.9. The maximum atomic E-state index is 11.7. The summed E-state index contributed by atoms with van der Waals surface area (Å²) in [4.78, 5) is 25.2. The highest BCUT2D eigenvalue weighted by atomic mass is 127. The largest absolute Gasteiger partial charge is 0.494 e. The lowest BCUT2D eigenvalue weighted by Gasteiger charge is -2.10. The summed E-state index contributed by atoms with van der Waals surface area (Å²) in [5, 5.41) is 9.88. The molecule has 0 radical (unpaired) electrons. The number of aromatic nitrogens is 2. The Morgan fingerprint density at radius 1 is 1.29 bits per heavy atom. The Labute approximate surface area is 110 Å². The number of aromatic hydroxyl groups is 1. The molecule has 0 aliphatic carbocycles. The van der Waals surface area contributed by atoms with Crippen molar-refractivity contribution in [1.82, 2.24) is 9.55 Å². The molecule has 0 atom stereocenters. The second-order valence-electron chi connectivity index (χ2n) is 3.49. The zero-order chi connectivity index (χ0) is 12.6. The SMILES string of the molecule is Cc1c(O)n(-c2ccccc2I)c(=O)[nH]c1=O. The van der Waals surface area contributed by atoms with Gasteiger partial charge in [-0.05, 0) is 41.6 Å². The molecule has 6 heteroatoms. The van der Waals surface area contributed by atoms with Gasteiger partial charge in [0.15, 0.2) is 0 Å². The van der Waals surface area contributed by atoms with Crippen LogP contribution in [0.25, 0.3) is 5.69 Å². The molecule has 1 aromatic carbocycles. The Morgan fingerprint density at radius 2 is 1.94 bits per heavy atom. The molecule has 2 rings (SSSR count). The monoisotopic (exact) mass is 344 g/mol. The third kappa shape index (κ3) is 1.99. The van der Waals surface area contributed by atoms with Crippen molar-refractivity contribution in [2.75, 3.05) is 0 Å². The van der Waals surface area contributed by atoms with E-state index < -0.39 is 11.2 Å². The standard InChI is InChI=1S/C11H9IN2O3/c1-6-9(15)13-11(17)14(10(6)16)8-5-3-2-4-7(8)12/h2-5,16H,1H3,(H,13,15,17). The molecule has 1 heterocycles. The number of halogens is 1. The molecule has 2 aromatic rings. The number of nitrogens with zero attached hydrogens (tertiary/aromatic N) is 1. The lowest BCUT2D eigenvalue weighted by atomic mass is 10.3. The van der Waals surface area contributed by atoms with Gasteiger partial charge in [0.1, 0.15) is 0 Å². The number of H-pyrrole nitrogens is 1. The van der Waals surface area contributed by atoms with Gasteiger partial charge in [0.05, 0.1) is 11.3 Å². The quantitative estimate of drug-likeness (QED) is 0.762. The number of benzene rings is 1. The van der Waals surface area contributed by atoms with Crippen LogP contribution in [0.15, 0.2) is 33.9 Å². The van der Waals surface area contributed by atoms with E-state index >= 15 is 0 Å².